The van der Waals surface area contributed by atoms with Gasteiger partial charge in [0.25, 0.3) is 0 Å². The lowest BCUT2D eigenvalue weighted by molar-refractivity contribution is -0.131. The van der Waals surface area contributed by atoms with E-state index in [1.54, 1.807) is 6.92 Å². The molecule has 1 amide bonds. The number of amides is 1. The van der Waals surface area contributed by atoms with Gasteiger partial charge >= 0.3 is 0 Å². The number of rotatable bonds is 3. The van der Waals surface area contributed by atoms with E-state index in [4.69, 9.17) is 16.1 Å². The molecule has 0 spiro atoms. The third-order valence-electron chi connectivity index (χ3n) is 4.53. The minimum Gasteiger partial charge on any atom is -0.344 e. The van der Waals surface area contributed by atoms with Crippen molar-refractivity contribution < 1.29 is 9.32 Å². The van der Waals surface area contributed by atoms with Crippen LogP contribution in [0.25, 0.3) is 0 Å². The maximum Gasteiger partial charge on any atom is 0.229 e. The summed E-state index contributed by atoms with van der Waals surface area (Å²) in [5.41, 5.74) is 4.12. The van der Waals surface area contributed by atoms with Gasteiger partial charge in [0.15, 0.2) is 0 Å². The molecular formula is C17H19ClN2O2. The van der Waals surface area contributed by atoms with Gasteiger partial charge in [-0.2, -0.15) is 0 Å². The van der Waals surface area contributed by atoms with Crippen molar-refractivity contribution in [2.45, 2.75) is 38.6 Å². The first kappa shape index (κ1) is 15.1. The number of benzene rings is 1. The number of aryl methyl sites for hydroxylation is 2. The van der Waals surface area contributed by atoms with Gasteiger partial charge in [-0.3, -0.25) is 4.79 Å². The van der Waals surface area contributed by atoms with Crippen LogP contribution in [-0.4, -0.2) is 29.1 Å². The number of nitrogens with zero attached hydrogens (tertiary/aromatic N) is 2. The van der Waals surface area contributed by atoms with Crippen LogP contribution in [0, 0.1) is 6.92 Å². The second kappa shape index (κ2) is 6.13. The summed E-state index contributed by atoms with van der Waals surface area (Å²) in [7, 11) is 1.87. The quantitative estimate of drug-likeness (QED) is 0.873. The number of hydrogen-bond donors (Lipinski definition) is 0. The minimum absolute atomic E-state index is 0.0533. The monoisotopic (exact) mass is 318 g/mol. The molecule has 1 atom stereocenters. The van der Waals surface area contributed by atoms with E-state index in [1.165, 1.54) is 11.1 Å². The van der Waals surface area contributed by atoms with Crippen molar-refractivity contribution in [1.29, 1.82) is 0 Å². The van der Waals surface area contributed by atoms with Gasteiger partial charge in [0.05, 0.1) is 12.1 Å². The Balaban J connectivity index is 1.69. The van der Waals surface area contributed by atoms with E-state index in [0.29, 0.717) is 11.3 Å². The van der Waals surface area contributed by atoms with Gasteiger partial charge in [0.1, 0.15) is 0 Å². The molecule has 4 nitrogen and oxygen atoms in total. The molecule has 0 fully saturated rings. The molecule has 116 valence electrons. The van der Waals surface area contributed by atoms with Crippen LogP contribution in [0.5, 0.6) is 0 Å². The number of fused-ring (bicyclic) bond motifs is 1. The van der Waals surface area contributed by atoms with Crippen LogP contribution in [0.3, 0.4) is 0 Å². The van der Waals surface area contributed by atoms with Crippen LogP contribution in [-0.2, 0) is 24.1 Å². The fraction of sp³-hybridized carbons (Fsp3) is 0.412. The van der Waals surface area contributed by atoms with Gasteiger partial charge in [0.2, 0.25) is 11.1 Å². The predicted molar refractivity (Wildman–Crippen MR) is 85.0 cm³/mol. The molecule has 1 aromatic heterocycles. The Hall–Kier alpha value is -1.81. The Labute approximate surface area is 135 Å². The second-order valence-corrected chi connectivity index (χ2v) is 6.21. The molecular weight excluding hydrogens is 300 g/mol. The molecule has 2 aromatic rings. The summed E-state index contributed by atoms with van der Waals surface area (Å²) in [5.74, 6) is 0.0533. The Morgan fingerprint density at radius 3 is 2.82 bits per heavy atom. The SMILES string of the molecule is Cc1noc(Cl)c1CC(=O)N(C)[C@@H]1CCc2ccccc2C1. The fourth-order valence-corrected chi connectivity index (χ4v) is 3.29. The molecule has 0 bridgehead atoms. The second-order valence-electron chi connectivity index (χ2n) is 5.87. The third-order valence-corrected chi connectivity index (χ3v) is 4.82. The third kappa shape index (κ3) is 2.88. The van der Waals surface area contributed by atoms with Gasteiger partial charge in [-0.05, 0) is 48.9 Å². The van der Waals surface area contributed by atoms with Crippen LogP contribution in [0.4, 0.5) is 0 Å². The Bertz CT molecular complexity index is 676. The zero-order valence-electron chi connectivity index (χ0n) is 12.8. The first-order valence-corrected chi connectivity index (χ1v) is 7.87. The first-order chi connectivity index (χ1) is 10.6. The average molecular weight is 319 g/mol. The maximum absolute atomic E-state index is 12.5. The summed E-state index contributed by atoms with van der Waals surface area (Å²) in [6.45, 7) is 1.80. The first-order valence-electron chi connectivity index (χ1n) is 7.49. The van der Waals surface area contributed by atoms with Gasteiger partial charge in [-0.15, -0.1) is 0 Å². The highest BCUT2D eigenvalue weighted by molar-refractivity contribution is 6.29. The molecule has 0 N–H and O–H groups in total. The van der Waals surface area contributed by atoms with E-state index in [2.05, 4.69) is 29.4 Å². The average Bonchev–Trinajstić information content (AvgIpc) is 2.85. The zero-order valence-corrected chi connectivity index (χ0v) is 13.6. The van der Waals surface area contributed by atoms with Crippen LogP contribution < -0.4 is 0 Å². The number of hydrogen-bond acceptors (Lipinski definition) is 3. The molecule has 3 rings (SSSR count). The maximum atomic E-state index is 12.5. The minimum atomic E-state index is 0.0533. The van der Waals surface area contributed by atoms with Crippen molar-refractivity contribution >= 4 is 17.5 Å². The standard InChI is InChI=1S/C17H19ClN2O2/c1-11-15(17(18)22-19-11)10-16(21)20(2)14-8-7-12-5-3-4-6-13(12)9-14/h3-6,14H,7-10H2,1-2H3/t14-/m1/s1. The normalized spacial score (nSPS) is 17.1. The molecule has 0 saturated heterocycles. The van der Waals surface area contributed by atoms with Gasteiger partial charge < -0.3 is 9.42 Å². The van der Waals surface area contributed by atoms with E-state index < -0.39 is 0 Å². The highest BCUT2D eigenvalue weighted by Crippen LogP contribution is 2.25. The summed E-state index contributed by atoms with van der Waals surface area (Å²) < 4.78 is 4.91. The largest absolute Gasteiger partial charge is 0.344 e. The lowest BCUT2D eigenvalue weighted by Gasteiger charge is -2.32. The van der Waals surface area contributed by atoms with E-state index in [1.807, 2.05) is 11.9 Å². The van der Waals surface area contributed by atoms with Crippen molar-refractivity contribution in [3.05, 3.63) is 51.9 Å². The lowest BCUT2D eigenvalue weighted by atomic mass is 9.87. The molecule has 5 heteroatoms. The van der Waals surface area contributed by atoms with E-state index in [-0.39, 0.29) is 23.6 Å². The number of carbonyl (C=O) groups is 1. The van der Waals surface area contributed by atoms with Gasteiger partial charge in [0, 0.05) is 18.7 Å². The van der Waals surface area contributed by atoms with Crippen LogP contribution in [0.15, 0.2) is 28.8 Å². The van der Waals surface area contributed by atoms with Gasteiger partial charge in [-0.1, -0.05) is 29.4 Å². The van der Waals surface area contributed by atoms with Gasteiger partial charge in [-0.25, -0.2) is 0 Å². The predicted octanol–water partition coefficient (Wildman–Crippen LogP) is 3.19. The highest BCUT2D eigenvalue weighted by atomic mass is 35.5. The van der Waals surface area contributed by atoms with Crippen molar-refractivity contribution in [2.24, 2.45) is 0 Å². The molecule has 1 aromatic carbocycles. The molecule has 1 heterocycles. The summed E-state index contributed by atoms with van der Waals surface area (Å²) in [6.07, 6.45) is 3.17. The molecule has 0 aliphatic heterocycles. The molecule has 1 aliphatic rings. The smallest absolute Gasteiger partial charge is 0.229 e. The van der Waals surface area contributed by atoms with Crippen molar-refractivity contribution in [3.8, 4) is 0 Å². The molecule has 0 unspecified atom stereocenters. The number of halogens is 1. The Kier molecular flexibility index (Phi) is 4.21. The van der Waals surface area contributed by atoms with Crippen molar-refractivity contribution in [3.63, 3.8) is 0 Å². The molecule has 1 aliphatic carbocycles. The summed E-state index contributed by atoms with van der Waals surface area (Å²) in [6, 6.07) is 8.70. The van der Waals surface area contributed by atoms with E-state index in [9.17, 15) is 4.79 Å². The van der Waals surface area contributed by atoms with E-state index >= 15 is 0 Å². The highest BCUT2D eigenvalue weighted by Gasteiger charge is 2.26. The molecule has 0 radical (unpaired) electrons. The zero-order chi connectivity index (χ0) is 15.7. The summed E-state index contributed by atoms with van der Waals surface area (Å²) in [5, 5.41) is 4.01. The molecule has 0 saturated carbocycles. The van der Waals surface area contributed by atoms with Crippen LogP contribution >= 0.6 is 11.6 Å². The van der Waals surface area contributed by atoms with Crippen molar-refractivity contribution in [2.75, 3.05) is 7.05 Å². The topological polar surface area (TPSA) is 46.3 Å². The summed E-state index contributed by atoms with van der Waals surface area (Å²) in [4.78, 5) is 14.4. The lowest BCUT2D eigenvalue weighted by Crippen LogP contribution is -2.41. The summed E-state index contributed by atoms with van der Waals surface area (Å²) >= 11 is 5.95. The number of likely N-dealkylation sites (N-methyl/N-ethyl adjacent to an activating group) is 1. The number of carbonyl (C=O) groups excluding carboxylic acids is 1. The fourth-order valence-electron chi connectivity index (χ4n) is 3.05. The van der Waals surface area contributed by atoms with Crippen molar-refractivity contribution in [1.82, 2.24) is 10.1 Å². The van der Waals surface area contributed by atoms with Crippen LogP contribution in [0.1, 0.15) is 28.8 Å². The molecule has 22 heavy (non-hydrogen) atoms. The van der Waals surface area contributed by atoms with E-state index in [0.717, 1.165) is 19.3 Å². The van der Waals surface area contributed by atoms with Crippen LogP contribution in [0.2, 0.25) is 5.22 Å². The Morgan fingerprint density at radius 2 is 2.14 bits per heavy atom. The Morgan fingerprint density at radius 1 is 1.41 bits per heavy atom. The number of aromatic nitrogens is 1.